The summed E-state index contributed by atoms with van der Waals surface area (Å²) in [4.78, 5) is 34.9. The van der Waals surface area contributed by atoms with Gasteiger partial charge in [0.05, 0.1) is 6.10 Å². The molecule has 0 aromatic heterocycles. The number of fused-ring (bicyclic) bond motifs is 5. The van der Waals surface area contributed by atoms with Crippen LogP contribution >= 0.6 is 11.6 Å². The van der Waals surface area contributed by atoms with Gasteiger partial charge >= 0.3 is 12.1 Å². The number of esters is 1. The summed E-state index contributed by atoms with van der Waals surface area (Å²) in [5.74, 6) is 2.41. The normalized spacial score (nSPS) is 33.0. The van der Waals surface area contributed by atoms with Gasteiger partial charge in [0.1, 0.15) is 6.10 Å². The van der Waals surface area contributed by atoms with Gasteiger partial charge in [0, 0.05) is 29.0 Å². The molecule has 0 aliphatic heterocycles. The smallest absolute Gasteiger partial charge is 0.411 e. The molecule has 1 aromatic carbocycles. The highest BCUT2D eigenvalue weighted by atomic mass is 35.5. The molecule has 4 aliphatic rings. The summed E-state index contributed by atoms with van der Waals surface area (Å²) < 4.78 is 10.8. The first-order valence-electron chi connectivity index (χ1n) is 14.6. The second-order valence-corrected chi connectivity index (χ2v) is 12.9. The summed E-state index contributed by atoms with van der Waals surface area (Å²) in [5.41, 5.74) is 2.45. The zero-order chi connectivity index (χ0) is 28.4. The molecule has 3 fully saturated rings. The molecule has 1 amide bonds. The van der Waals surface area contributed by atoms with Crippen molar-refractivity contribution < 1.29 is 23.9 Å². The van der Waals surface area contributed by atoms with Gasteiger partial charge in [0.15, 0.2) is 5.78 Å². The van der Waals surface area contributed by atoms with E-state index in [9.17, 15) is 14.4 Å². The number of rotatable bonds is 4. The van der Waals surface area contributed by atoms with Gasteiger partial charge in [-0.25, -0.2) is 4.79 Å². The van der Waals surface area contributed by atoms with E-state index in [1.54, 1.807) is 38.1 Å². The highest BCUT2D eigenvalue weighted by molar-refractivity contribution is 6.30. The number of ether oxygens (including phenoxy) is 2. The first-order chi connectivity index (χ1) is 18.5. The monoisotopic (exact) mass is 557 g/mol. The van der Waals surface area contributed by atoms with E-state index in [1.807, 2.05) is 13.0 Å². The summed E-state index contributed by atoms with van der Waals surface area (Å²) in [5, 5.41) is 3.14. The summed E-state index contributed by atoms with van der Waals surface area (Å²) in [6.07, 6.45) is 10.7. The van der Waals surface area contributed by atoms with E-state index in [-0.39, 0.29) is 29.0 Å². The average Bonchev–Trinajstić information content (AvgIpc) is 3.20. The van der Waals surface area contributed by atoms with Gasteiger partial charge in [0.25, 0.3) is 0 Å². The molecule has 3 saturated carbocycles. The first kappa shape index (κ1) is 29.6. The highest BCUT2D eigenvalue weighted by Crippen LogP contribution is 2.65. The number of amides is 1. The Bertz CT molecular complexity index is 1120. The van der Waals surface area contributed by atoms with E-state index in [2.05, 4.69) is 19.2 Å². The topological polar surface area (TPSA) is 81.7 Å². The van der Waals surface area contributed by atoms with Crippen molar-refractivity contribution in [2.24, 2.45) is 28.6 Å². The predicted octanol–water partition coefficient (Wildman–Crippen LogP) is 8.14. The molecule has 0 saturated heterocycles. The van der Waals surface area contributed by atoms with Crippen molar-refractivity contribution in [3.63, 3.8) is 0 Å². The van der Waals surface area contributed by atoms with Gasteiger partial charge in [-0.3, -0.25) is 14.9 Å². The Morgan fingerprint density at radius 1 is 1.08 bits per heavy atom. The van der Waals surface area contributed by atoms with Gasteiger partial charge in [0.2, 0.25) is 0 Å². The van der Waals surface area contributed by atoms with Crippen molar-refractivity contribution in [1.82, 2.24) is 0 Å². The second kappa shape index (κ2) is 12.0. The summed E-state index contributed by atoms with van der Waals surface area (Å²) >= 11 is 5.74. The van der Waals surface area contributed by atoms with Gasteiger partial charge in [-0.05, 0) is 106 Å². The van der Waals surface area contributed by atoms with Crippen LogP contribution in [0.25, 0.3) is 0 Å². The number of hydrogen-bond donors (Lipinski definition) is 1. The maximum Gasteiger partial charge on any atom is 0.411 e. The Labute approximate surface area is 238 Å². The fraction of sp³-hybridized carbons (Fsp3) is 0.656. The fourth-order valence-electron chi connectivity index (χ4n) is 7.87. The Balaban J connectivity index is 0.000000215. The maximum atomic E-state index is 11.9. The van der Waals surface area contributed by atoms with Crippen molar-refractivity contribution in [1.29, 1.82) is 0 Å². The van der Waals surface area contributed by atoms with Crippen molar-refractivity contribution >= 4 is 35.1 Å². The van der Waals surface area contributed by atoms with Crippen LogP contribution in [0.4, 0.5) is 10.5 Å². The lowest BCUT2D eigenvalue weighted by Crippen LogP contribution is -2.51. The third-order valence-corrected chi connectivity index (χ3v) is 10.1. The number of anilines is 1. The van der Waals surface area contributed by atoms with E-state index in [0.717, 1.165) is 38.0 Å². The van der Waals surface area contributed by atoms with Gasteiger partial charge in [-0.2, -0.15) is 0 Å². The second-order valence-electron chi connectivity index (χ2n) is 12.5. The highest BCUT2D eigenvalue weighted by Gasteiger charge is 2.59. The van der Waals surface area contributed by atoms with Crippen molar-refractivity contribution in [3.8, 4) is 0 Å². The number of carbonyl (C=O) groups is 3. The molecular weight excluding hydrogens is 514 g/mol. The molecule has 4 aliphatic carbocycles. The number of nitrogens with one attached hydrogen (secondary N) is 1. The van der Waals surface area contributed by atoms with E-state index in [1.165, 1.54) is 24.8 Å². The van der Waals surface area contributed by atoms with Crippen LogP contribution in [-0.4, -0.2) is 30.1 Å². The van der Waals surface area contributed by atoms with Crippen LogP contribution in [0.5, 0.6) is 0 Å². The summed E-state index contributed by atoms with van der Waals surface area (Å²) in [6, 6.07) is 6.89. The third kappa shape index (κ3) is 6.37. The minimum Gasteiger partial charge on any atom is -0.462 e. The molecule has 1 aromatic rings. The van der Waals surface area contributed by atoms with E-state index in [4.69, 9.17) is 21.1 Å². The Morgan fingerprint density at radius 2 is 1.85 bits per heavy atom. The summed E-state index contributed by atoms with van der Waals surface area (Å²) in [6.45, 7) is 10.3. The molecule has 7 heteroatoms. The number of halogens is 1. The molecule has 6 atom stereocenters. The molecule has 0 radical (unpaired) electrons. The number of ketones is 1. The van der Waals surface area contributed by atoms with Crippen LogP contribution in [0, 0.1) is 28.6 Å². The quantitative estimate of drug-likeness (QED) is 0.378. The molecule has 6 unspecified atom stereocenters. The molecule has 0 spiro atoms. The fourth-order valence-corrected chi connectivity index (χ4v) is 8.06. The number of benzene rings is 1. The molecule has 1 N–H and O–H groups in total. The van der Waals surface area contributed by atoms with Crippen LogP contribution in [0.2, 0.25) is 5.02 Å². The van der Waals surface area contributed by atoms with Crippen LogP contribution in [0.3, 0.4) is 0 Å². The zero-order valence-corrected chi connectivity index (χ0v) is 24.8. The van der Waals surface area contributed by atoms with E-state index < -0.39 is 6.09 Å². The Hall–Kier alpha value is -2.34. The number of carbonyl (C=O) groups excluding carboxylic acids is 3. The van der Waals surface area contributed by atoms with Crippen LogP contribution in [0.1, 0.15) is 92.4 Å². The number of allylic oxidation sites excluding steroid dienone is 1. The molecule has 214 valence electrons. The van der Waals surface area contributed by atoms with Crippen LogP contribution < -0.4 is 5.32 Å². The third-order valence-electron chi connectivity index (χ3n) is 9.85. The van der Waals surface area contributed by atoms with Gasteiger partial charge in [-0.15, -0.1) is 0 Å². The lowest BCUT2D eigenvalue weighted by Gasteiger charge is -2.57. The molecular formula is C32H44ClNO5. The molecule has 39 heavy (non-hydrogen) atoms. The van der Waals surface area contributed by atoms with Crippen LogP contribution in [0.15, 0.2) is 35.9 Å². The molecule has 6 nitrogen and oxygen atoms in total. The standard InChI is InChI=1S/C22H32O3.C10H12ClNO2/c1-4-20(24)25-19-8-7-17-16-6-5-14-13-15(23)9-11-21(14,2)18(16)10-12-22(17,19)3;1-7(2)14-10(13)12-9-5-3-4-8(11)6-9/h13,16-19H,4-12H2,1-3H3;3-7H,1-2H3,(H,12,13). The van der Waals surface area contributed by atoms with Gasteiger partial charge in [-0.1, -0.05) is 44.0 Å². The molecule has 0 heterocycles. The first-order valence-corrected chi connectivity index (χ1v) is 15.0. The molecule has 0 bridgehead atoms. The Kier molecular flexibility index (Phi) is 9.15. The minimum absolute atomic E-state index is 0.0411. The Morgan fingerprint density at radius 3 is 2.54 bits per heavy atom. The maximum absolute atomic E-state index is 11.9. The minimum atomic E-state index is -0.470. The predicted molar refractivity (Wildman–Crippen MR) is 154 cm³/mol. The van der Waals surface area contributed by atoms with E-state index in [0.29, 0.717) is 34.7 Å². The number of hydrogen-bond acceptors (Lipinski definition) is 5. The summed E-state index contributed by atoms with van der Waals surface area (Å²) in [7, 11) is 0. The van der Waals surface area contributed by atoms with Crippen molar-refractivity contribution in [3.05, 3.63) is 40.9 Å². The molecule has 5 rings (SSSR count). The lowest BCUT2D eigenvalue weighted by atomic mass is 9.47. The van der Waals surface area contributed by atoms with E-state index >= 15 is 0 Å². The van der Waals surface area contributed by atoms with Crippen molar-refractivity contribution in [2.45, 2.75) is 105 Å². The van der Waals surface area contributed by atoms with Gasteiger partial charge < -0.3 is 9.47 Å². The lowest BCUT2D eigenvalue weighted by molar-refractivity contribution is -0.159. The average molecular weight is 558 g/mol. The van der Waals surface area contributed by atoms with Crippen molar-refractivity contribution in [2.75, 3.05) is 5.32 Å². The zero-order valence-electron chi connectivity index (χ0n) is 24.1. The van der Waals surface area contributed by atoms with Crippen LogP contribution in [-0.2, 0) is 19.1 Å². The largest absolute Gasteiger partial charge is 0.462 e. The SMILES string of the molecule is CC(C)OC(=O)Nc1cccc(Cl)c1.CCC(=O)OC1CCC2C3CCC4=CC(=O)CCC4(C)C3CCC12C.